The molecule has 6 heteroatoms. The molecule has 0 radical (unpaired) electrons. The van der Waals surface area contributed by atoms with Gasteiger partial charge in [0.15, 0.2) is 5.69 Å². The SMILES string of the molecule is Nc1ccc(-c2cnn(CC3CC3)c2)cc1[NH2+]O.O. The molecule has 19 heavy (non-hydrogen) atoms. The fourth-order valence-corrected chi connectivity index (χ4v) is 2.04. The summed E-state index contributed by atoms with van der Waals surface area (Å²) in [5.74, 6) is 0.811. The number of anilines is 1. The van der Waals surface area contributed by atoms with E-state index in [0.29, 0.717) is 11.4 Å². The molecular weight excluding hydrogens is 244 g/mol. The molecule has 0 atom stereocenters. The molecule has 1 aliphatic rings. The maximum Gasteiger partial charge on any atom is 0.185 e. The van der Waals surface area contributed by atoms with Gasteiger partial charge in [-0.05, 0) is 30.4 Å². The van der Waals surface area contributed by atoms with Crippen molar-refractivity contribution in [2.24, 2.45) is 5.92 Å². The molecule has 1 aromatic heterocycles. The number of rotatable bonds is 4. The lowest BCUT2D eigenvalue weighted by molar-refractivity contribution is -0.825. The number of benzene rings is 1. The van der Waals surface area contributed by atoms with E-state index in [1.165, 1.54) is 12.8 Å². The van der Waals surface area contributed by atoms with Crippen molar-refractivity contribution in [1.29, 1.82) is 0 Å². The molecule has 0 unspecified atom stereocenters. The maximum absolute atomic E-state index is 9.10. The lowest BCUT2D eigenvalue weighted by atomic mass is 10.1. The molecule has 7 N–H and O–H groups in total. The standard InChI is InChI=1S/C13H16N4O.H2O/c14-12-4-3-10(5-13(12)16-18)11-6-15-17(8-11)7-9-1-2-9;/h3-6,8-9,16,18H,1-2,7,14H2;1H2/p+1. The van der Waals surface area contributed by atoms with Gasteiger partial charge < -0.3 is 11.2 Å². The summed E-state index contributed by atoms with van der Waals surface area (Å²) in [7, 11) is 0. The predicted molar refractivity (Wildman–Crippen MR) is 71.8 cm³/mol. The summed E-state index contributed by atoms with van der Waals surface area (Å²) in [5, 5.41) is 13.5. The summed E-state index contributed by atoms with van der Waals surface area (Å²) < 4.78 is 1.99. The first-order valence-electron chi connectivity index (χ1n) is 6.16. The Morgan fingerprint density at radius 1 is 1.37 bits per heavy atom. The van der Waals surface area contributed by atoms with Crippen molar-refractivity contribution in [2.75, 3.05) is 5.73 Å². The Bertz CT molecular complexity index is 564. The van der Waals surface area contributed by atoms with Crippen molar-refractivity contribution in [3.63, 3.8) is 0 Å². The van der Waals surface area contributed by atoms with Crippen LogP contribution in [0.1, 0.15) is 12.8 Å². The highest BCUT2D eigenvalue weighted by atomic mass is 16.5. The highest BCUT2D eigenvalue weighted by Crippen LogP contribution is 2.31. The minimum atomic E-state index is 0. The van der Waals surface area contributed by atoms with Gasteiger partial charge in [-0.15, -0.1) is 0 Å². The van der Waals surface area contributed by atoms with Crippen molar-refractivity contribution in [3.05, 3.63) is 30.6 Å². The van der Waals surface area contributed by atoms with E-state index in [4.69, 9.17) is 10.9 Å². The molecule has 0 amide bonds. The third-order valence-corrected chi connectivity index (χ3v) is 3.33. The maximum atomic E-state index is 9.10. The zero-order valence-electron chi connectivity index (χ0n) is 10.6. The molecule has 0 aliphatic heterocycles. The van der Waals surface area contributed by atoms with Gasteiger partial charge in [0, 0.05) is 24.4 Å². The second-order valence-electron chi connectivity index (χ2n) is 4.87. The minimum absolute atomic E-state index is 0. The van der Waals surface area contributed by atoms with E-state index in [1.54, 1.807) is 6.07 Å². The van der Waals surface area contributed by atoms with Gasteiger partial charge in [0.1, 0.15) is 0 Å². The first kappa shape index (κ1) is 13.5. The molecule has 0 spiro atoms. The van der Waals surface area contributed by atoms with Crippen LogP contribution in [0.4, 0.5) is 11.4 Å². The molecule has 0 bridgehead atoms. The second-order valence-corrected chi connectivity index (χ2v) is 4.87. The normalized spacial score (nSPS) is 14.2. The smallest absolute Gasteiger partial charge is 0.185 e. The lowest BCUT2D eigenvalue weighted by Gasteiger charge is -2.02. The van der Waals surface area contributed by atoms with E-state index in [0.717, 1.165) is 29.1 Å². The van der Waals surface area contributed by atoms with E-state index in [9.17, 15) is 0 Å². The highest BCUT2D eigenvalue weighted by Gasteiger charge is 2.22. The Hall–Kier alpha value is -1.89. The first-order chi connectivity index (χ1) is 8.76. The minimum Gasteiger partial charge on any atom is -0.412 e. The number of aromatic nitrogens is 2. The van der Waals surface area contributed by atoms with Crippen molar-refractivity contribution in [2.45, 2.75) is 19.4 Å². The van der Waals surface area contributed by atoms with Crippen LogP contribution in [-0.4, -0.2) is 20.5 Å². The molecule has 3 rings (SSSR count). The van der Waals surface area contributed by atoms with Crippen LogP contribution in [0.2, 0.25) is 0 Å². The molecule has 1 fully saturated rings. The zero-order chi connectivity index (χ0) is 12.5. The van der Waals surface area contributed by atoms with E-state index < -0.39 is 0 Å². The molecule has 2 aromatic rings. The third-order valence-electron chi connectivity index (χ3n) is 3.33. The highest BCUT2D eigenvalue weighted by molar-refractivity contribution is 5.70. The lowest BCUT2D eigenvalue weighted by Crippen LogP contribution is -2.74. The molecule has 0 saturated heterocycles. The number of nitrogens with zero attached hydrogens (tertiary/aromatic N) is 2. The second kappa shape index (κ2) is 5.40. The fraction of sp³-hybridized carbons (Fsp3) is 0.308. The topological polar surface area (TPSA) is 112 Å². The third kappa shape index (κ3) is 2.93. The largest absolute Gasteiger partial charge is 0.412 e. The fourth-order valence-electron chi connectivity index (χ4n) is 2.04. The number of nitrogen functional groups attached to an aromatic ring is 1. The van der Waals surface area contributed by atoms with Crippen molar-refractivity contribution < 1.29 is 16.2 Å². The van der Waals surface area contributed by atoms with Gasteiger partial charge in [0.25, 0.3) is 0 Å². The number of nitrogens with two attached hydrogens (primary N) is 2. The van der Waals surface area contributed by atoms with Gasteiger partial charge in [-0.25, -0.2) is 5.21 Å². The summed E-state index contributed by atoms with van der Waals surface area (Å²) in [5.41, 5.74) is 10.1. The van der Waals surface area contributed by atoms with Crippen LogP contribution in [0, 0.1) is 5.92 Å². The van der Waals surface area contributed by atoms with Crippen LogP contribution in [0.15, 0.2) is 30.6 Å². The van der Waals surface area contributed by atoms with Crippen LogP contribution in [0.25, 0.3) is 11.1 Å². The quantitative estimate of drug-likeness (QED) is 0.544. The Balaban J connectivity index is 0.00000133. The van der Waals surface area contributed by atoms with Crippen LogP contribution in [0.3, 0.4) is 0 Å². The number of quaternary nitrogens is 1. The van der Waals surface area contributed by atoms with Gasteiger partial charge in [-0.3, -0.25) is 4.68 Å². The molecular formula is C13H19N4O2+. The Morgan fingerprint density at radius 3 is 2.84 bits per heavy atom. The molecule has 102 valence electrons. The van der Waals surface area contributed by atoms with E-state index >= 15 is 0 Å². The van der Waals surface area contributed by atoms with E-state index in [2.05, 4.69) is 5.10 Å². The van der Waals surface area contributed by atoms with E-state index in [1.807, 2.05) is 29.2 Å². The Labute approximate surface area is 111 Å². The Kier molecular flexibility index (Phi) is 3.84. The van der Waals surface area contributed by atoms with Crippen molar-refractivity contribution in [3.8, 4) is 11.1 Å². The molecule has 1 aliphatic carbocycles. The number of hydrogen-bond donors (Lipinski definition) is 3. The molecule has 1 heterocycles. The molecule has 6 nitrogen and oxygen atoms in total. The van der Waals surface area contributed by atoms with Crippen molar-refractivity contribution >= 4 is 11.4 Å². The van der Waals surface area contributed by atoms with Crippen LogP contribution < -0.4 is 11.2 Å². The van der Waals surface area contributed by atoms with Crippen LogP contribution in [-0.2, 0) is 6.54 Å². The summed E-state index contributed by atoms with van der Waals surface area (Å²) in [6.45, 7) is 1.01. The van der Waals surface area contributed by atoms with E-state index in [-0.39, 0.29) is 5.48 Å². The summed E-state index contributed by atoms with van der Waals surface area (Å²) in [6, 6.07) is 5.62. The first-order valence-corrected chi connectivity index (χ1v) is 6.16. The van der Waals surface area contributed by atoms with Gasteiger partial charge in [0.2, 0.25) is 0 Å². The monoisotopic (exact) mass is 263 g/mol. The summed E-state index contributed by atoms with van der Waals surface area (Å²) >= 11 is 0. The van der Waals surface area contributed by atoms with Gasteiger partial charge in [-0.1, -0.05) is 6.07 Å². The summed E-state index contributed by atoms with van der Waals surface area (Å²) in [6.07, 6.45) is 6.54. The predicted octanol–water partition coefficient (Wildman–Crippen LogP) is 0.302. The summed E-state index contributed by atoms with van der Waals surface area (Å²) in [4.78, 5) is 0. The number of hydrogen-bond acceptors (Lipinski definition) is 3. The average Bonchev–Trinajstić information content (AvgIpc) is 3.06. The average molecular weight is 263 g/mol. The Morgan fingerprint density at radius 2 is 2.16 bits per heavy atom. The van der Waals surface area contributed by atoms with Crippen LogP contribution in [0.5, 0.6) is 0 Å². The van der Waals surface area contributed by atoms with Gasteiger partial charge >= 0.3 is 0 Å². The zero-order valence-corrected chi connectivity index (χ0v) is 10.6. The van der Waals surface area contributed by atoms with Gasteiger partial charge in [-0.2, -0.15) is 10.6 Å². The molecule has 1 saturated carbocycles. The van der Waals surface area contributed by atoms with Crippen molar-refractivity contribution in [1.82, 2.24) is 9.78 Å². The van der Waals surface area contributed by atoms with Gasteiger partial charge in [0.05, 0.1) is 11.9 Å². The van der Waals surface area contributed by atoms with Crippen LogP contribution >= 0.6 is 0 Å². The molecule has 1 aromatic carbocycles.